The van der Waals surface area contributed by atoms with Gasteiger partial charge in [-0.05, 0) is 31.0 Å². The van der Waals surface area contributed by atoms with Gasteiger partial charge in [-0.3, -0.25) is 4.79 Å². The number of ether oxygens (including phenoxy) is 1. The molecule has 0 N–H and O–H groups in total. The Balaban J connectivity index is 0.00000304. The molecule has 2 heterocycles. The molecule has 1 atom stereocenters. The summed E-state index contributed by atoms with van der Waals surface area (Å²) in [6, 6.07) is 25.8. The monoisotopic (exact) mass is 490 g/mol. The average Bonchev–Trinajstić information content (AvgIpc) is 3.56. The molecular formula is C28H23N2NaO5. The van der Waals surface area contributed by atoms with Gasteiger partial charge in [-0.1, -0.05) is 66.7 Å². The van der Waals surface area contributed by atoms with Crippen LogP contribution in [-0.4, -0.2) is 34.9 Å². The Labute approximate surface area is 231 Å². The summed E-state index contributed by atoms with van der Waals surface area (Å²) in [6.07, 6.45) is 1.55. The van der Waals surface area contributed by atoms with E-state index in [0.717, 1.165) is 29.7 Å². The van der Waals surface area contributed by atoms with Crippen LogP contribution >= 0.6 is 0 Å². The third kappa shape index (κ3) is 5.54. The number of amides is 1. The molecule has 0 bridgehead atoms. The number of hydrogen-bond acceptors (Lipinski definition) is 6. The van der Waals surface area contributed by atoms with Gasteiger partial charge in [0.05, 0.1) is 5.97 Å². The van der Waals surface area contributed by atoms with Crippen LogP contribution in [0.4, 0.5) is 0 Å². The van der Waals surface area contributed by atoms with E-state index in [9.17, 15) is 14.7 Å². The molecule has 7 nitrogen and oxygen atoms in total. The van der Waals surface area contributed by atoms with Crippen molar-refractivity contribution in [2.75, 3.05) is 13.2 Å². The maximum absolute atomic E-state index is 13.4. The number of hydrogen-bond donors (Lipinski definition) is 0. The van der Waals surface area contributed by atoms with Crippen LogP contribution in [0.15, 0.2) is 89.3 Å². The van der Waals surface area contributed by atoms with Gasteiger partial charge >= 0.3 is 29.6 Å². The largest absolute Gasteiger partial charge is 1.00 e. The Morgan fingerprint density at radius 2 is 1.67 bits per heavy atom. The van der Waals surface area contributed by atoms with Crippen molar-refractivity contribution >= 4 is 11.9 Å². The van der Waals surface area contributed by atoms with E-state index in [0.29, 0.717) is 29.5 Å². The van der Waals surface area contributed by atoms with Crippen LogP contribution in [-0.2, 0) is 4.79 Å². The molecule has 1 aliphatic heterocycles. The second kappa shape index (κ2) is 11.6. The van der Waals surface area contributed by atoms with Crippen molar-refractivity contribution in [3.05, 3.63) is 96.4 Å². The molecule has 5 rings (SSSR count). The molecule has 8 heteroatoms. The fourth-order valence-corrected chi connectivity index (χ4v) is 4.35. The summed E-state index contributed by atoms with van der Waals surface area (Å²) in [6.45, 7) is -0.0117. The second-order valence-electron chi connectivity index (χ2n) is 8.31. The number of oxazole rings is 1. The van der Waals surface area contributed by atoms with E-state index in [1.807, 2.05) is 60.7 Å². The van der Waals surface area contributed by atoms with Gasteiger partial charge in [0.2, 0.25) is 5.89 Å². The number of aliphatic carboxylic acids is 1. The Hall–Kier alpha value is -3.39. The van der Waals surface area contributed by atoms with Gasteiger partial charge in [-0.2, -0.15) is 0 Å². The number of carboxylic acids is 1. The van der Waals surface area contributed by atoms with Crippen LogP contribution in [0.5, 0.6) is 5.75 Å². The molecule has 1 saturated heterocycles. The number of benzene rings is 3. The first kappa shape index (κ1) is 25.7. The van der Waals surface area contributed by atoms with Crippen molar-refractivity contribution in [1.29, 1.82) is 0 Å². The zero-order chi connectivity index (χ0) is 24.2. The van der Waals surface area contributed by atoms with Crippen molar-refractivity contribution in [3.63, 3.8) is 0 Å². The quantitative estimate of drug-likeness (QED) is 0.361. The Morgan fingerprint density at radius 3 is 2.36 bits per heavy atom. The van der Waals surface area contributed by atoms with Crippen LogP contribution in [0, 0.1) is 0 Å². The summed E-state index contributed by atoms with van der Waals surface area (Å²) in [5.41, 5.74) is 3.00. The van der Waals surface area contributed by atoms with E-state index < -0.39 is 12.6 Å². The van der Waals surface area contributed by atoms with E-state index in [4.69, 9.17) is 14.1 Å². The fourth-order valence-electron chi connectivity index (χ4n) is 4.35. The molecule has 1 aromatic heterocycles. The zero-order valence-electron chi connectivity index (χ0n) is 19.9. The number of rotatable bonds is 7. The van der Waals surface area contributed by atoms with Gasteiger partial charge in [0.15, 0.2) is 5.76 Å². The van der Waals surface area contributed by atoms with Gasteiger partial charge in [-0.15, -0.1) is 0 Å². The first-order valence-corrected chi connectivity index (χ1v) is 11.5. The molecule has 1 fully saturated rings. The first-order chi connectivity index (χ1) is 17.1. The number of nitrogens with zero attached hydrogens (tertiary/aromatic N) is 2. The number of likely N-dealkylation sites (tertiary alicyclic amines) is 1. The summed E-state index contributed by atoms with van der Waals surface area (Å²) in [5.74, 6) is -0.0490. The summed E-state index contributed by atoms with van der Waals surface area (Å²) in [4.78, 5) is 30.8. The third-order valence-electron chi connectivity index (χ3n) is 5.96. The summed E-state index contributed by atoms with van der Waals surface area (Å²) < 4.78 is 11.5. The van der Waals surface area contributed by atoms with Crippen molar-refractivity contribution in [3.8, 4) is 28.3 Å². The van der Waals surface area contributed by atoms with E-state index in [1.54, 1.807) is 29.2 Å². The molecule has 3 aromatic carbocycles. The molecule has 0 aliphatic carbocycles. The van der Waals surface area contributed by atoms with Gasteiger partial charge in [0.25, 0.3) is 5.91 Å². The average molecular weight is 490 g/mol. The molecule has 0 spiro atoms. The van der Waals surface area contributed by atoms with Gasteiger partial charge in [-0.25, -0.2) is 4.98 Å². The first-order valence-electron chi connectivity index (χ1n) is 11.5. The van der Waals surface area contributed by atoms with Crippen molar-refractivity contribution < 1.29 is 53.4 Å². The van der Waals surface area contributed by atoms with Crippen LogP contribution in [0.2, 0.25) is 0 Å². The molecule has 1 aliphatic rings. The topological polar surface area (TPSA) is 95.7 Å². The van der Waals surface area contributed by atoms with Gasteiger partial charge in [0, 0.05) is 23.2 Å². The molecule has 1 unspecified atom stereocenters. The number of carbonyl (C=O) groups excluding carboxylic acids is 2. The second-order valence-corrected chi connectivity index (χ2v) is 8.31. The van der Waals surface area contributed by atoms with E-state index in [2.05, 4.69) is 0 Å². The van der Waals surface area contributed by atoms with Crippen LogP contribution in [0.1, 0.15) is 35.1 Å². The number of carboxylic acid groups (broad SMARTS) is 1. The van der Waals surface area contributed by atoms with E-state index >= 15 is 0 Å². The SMILES string of the molecule is O=C([O-])COc1cccc(C(=O)N2CCCC2c2nc(-c3ccccc3)c(-c3ccccc3)o2)c1.[Na+]. The fraction of sp³-hybridized carbons (Fsp3) is 0.179. The van der Waals surface area contributed by atoms with Crippen LogP contribution in [0.25, 0.3) is 22.6 Å². The molecule has 0 saturated carbocycles. The summed E-state index contributed by atoms with van der Waals surface area (Å²) >= 11 is 0. The van der Waals surface area contributed by atoms with E-state index in [-0.39, 0.29) is 41.5 Å². The smallest absolute Gasteiger partial charge is 0.546 e. The van der Waals surface area contributed by atoms with Crippen LogP contribution < -0.4 is 39.4 Å². The molecular weight excluding hydrogens is 467 g/mol. The predicted octanol–water partition coefficient (Wildman–Crippen LogP) is 1.12. The summed E-state index contributed by atoms with van der Waals surface area (Å²) in [7, 11) is 0. The molecule has 36 heavy (non-hydrogen) atoms. The maximum atomic E-state index is 13.4. The summed E-state index contributed by atoms with van der Waals surface area (Å²) in [5, 5.41) is 10.7. The Kier molecular flexibility index (Phi) is 8.25. The Morgan fingerprint density at radius 1 is 0.972 bits per heavy atom. The van der Waals surface area contributed by atoms with Crippen LogP contribution in [0.3, 0.4) is 0 Å². The van der Waals surface area contributed by atoms with Gasteiger partial charge < -0.3 is 24.0 Å². The zero-order valence-corrected chi connectivity index (χ0v) is 21.9. The number of aromatic nitrogens is 1. The maximum Gasteiger partial charge on any atom is 1.00 e. The molecule has 176 valence electrons. The Bertz CT molecular complexity index is 1280. The predicted molar refractivity (Wildman–Crippen MR) is 127 cm³/mol. The van der Waals surface area contributed by atoms with Crippen molar-refractivity contribution in [2.24, 2.45) is 0 Å². The normalized spacial score (nSPS) is 14.8. The standard InChI is InChI=1S/C28H24N2O5.Na/c31-24(32)18-34-22-14-7-13-21(17-22)28(33)30-16-8-15-23(30)27-29-25(19-9-3-1-4-10-19)26(35-27)20-11-5-2-6-12-20;/h1-7,9-14,17,23H,8,15-16,18H2,(H,31,32);/q;+1/p-1. The van der Waals surface area contributed by atoms with Crippen molar-refractivity contribution in [2.45, 2.75) is 18.9 Å². The number of carbonyl (C=O) groups is 2. The molecule has 4 aromatic rings. The third-order valence-corrected chi connectivity index (χ3v) is 5.96. The minimum Gasteiger partial charge on any atom is -0.546 e. The molecule has 0 radical (unpaired) electrons. The minimum absolute atomic E-state index is 0. The minimum atomic E-state index is -1.33. The van der Waals surface area contributed by atoms with E-state index in [1.165, 1.54) is 0 Å². The van der Waals surface area contributed by atoms with Crippen molar-refractivity contribution in [1.82, 2.24) is 9.88 Å². The van der Waals surface area contributed by atoms with Gasteiger partial charge in [0.1, 0.15) is 24.1 Å². The molecule has 1 amide bonds.